The zero-order valence-corrected chi connectivity index (χ0v) is 20.4. The van der Waals surface area contributed by atoms with Crippen molar-refractivity contribution in [3.63, 3.8) is 0 Å². The van der Waals surface area contributed by atoms with E-state index in [0.29, 0.717) is 11.3 Å². The molecule has 2 N–H and O–H groups in total. The molecule has 0 spiro atoms. The lowest BCUT2D eigenvalue weighted by Crippen LogP contribution is -2.34. The Balaban J connectivity index is 1.89. The van der Waals surface area contributed by atoms with Crippen molar-refractivity contribution in [2.24, 2.45) is 0 Å². The van der Waals surface area contributed by atoms with Crippen LogP contribution in [0, 0.1) is 0 Å². The minimum atomic E-state index is -0.961. The second-order valence-electron chi connectivity index (χ2n) is 10.3. The molecule has 0 aliphatic heterocycles. The van der Waals surface area contributed by atoms with Crippen LogP contribution in [-0.4, -0.2) is 30.1 Å². The van der Waals surface area contributed by atoms with Crippen LogP contribution in [0.1, 0.15) is 62.0 Å². The van der Waals surface area contributed by atoms with Gasteiger partial charge in [-0.05, 0) is 82.3 Å². The van der Waals surface area contributed by atoms with Crippen molar-refractivity contribution in [2.45, 2.75) is 51.4 Å². The van der Waals surface area contributed by atoms with Gasteiger partial charge >= 0.3 is 5.97 Å². The molecule has 34 heavy (non-hydrogen) atoms. The Bertz CT molecular complexity index is 1220. The van der Waals surface area contributed by atoms with E-state index in [2.05, 4.69) is 39.8 Å². The topological polar surface area (TPSA) is 76.0 Å². The fourth-order valence-corrected chi connectivity index (χ4v) is 4.78. The summed E-state index contributed by atoms with van der Waals surface area (Å²) in [6.45, 7) is 9.16. The molecule has 1 aliphatic rings. The van der Waals surface area contributed by atoms with Crippen LogP contribution in [0.5, 0.6) is 11.5 Å². The van der Waals surface area contributed by atoms with Crippen molar-refractivity contribution in [3.05, 3.63) is 71.3 Å². The quantitative estimate of drug-likeness (QED) is 0.398. The lowest BCUT2D eigenvalue weighted by Gasteiger charge is -2.42. The molecule has 5 nitrogen and oxygen atoms in total. The molecule has 0 atom stereocenters. The molecule has 0 saturated heterocycles. The van der Waals surface area contributed by atoms with E-state index in [1.807, 2.05) is 12.1 Å². The summed E-state index contributed by atoms with van der Waals surface area (Å²) < 4.78 is 11.2. The smallest absolute Gasteiger partial charge is 0.335 e. The van der Waals surface area contributed by atoms with Gasteiger partial charge in [-0.1, -0.05) is 45.9 Å². The third-order valence-corrected chi connectivity index (χ3v) is 7.04. The van der Waals surface area contributed by atoms with E-state index in [-0.39, 0.29) is 28.9 Å². The molecule has 0 unspecified atom stereocenters. The van der Waals surface area contributed by atoms with E-state index in [9.17, 15) is 15.0 Å². The van der Waals surface area contributed by atoms with Gasteiger partial charge in [0, 0.05) is 18.2 Å². The maximum Gasteiger partial charge on any atom is 0.335 e. The van der Waals surface area contributed by atoms with E-state index in [1.165, 1.54) is 11.1 Å². The molecule has 0 aromatic heterocycles. The van der Waals surface area contributed by atoms with Gasteiger partial charge in [0.25, 0.3) is 0 Å². The minimum absolute atomic E-state index is 0.000712. The fraction of sp³-hybridized carbons (Fsp3) is 0.345. The van der Waals surface area contributed by atoms with Crippen LogP contribution in [0.2, 0.25) is 0 Å². The van der Waals surface area contributed by atoms with Gasteiger partial charge in [-0.3, -0.25) is 0 Å². The van der Waals surface area contributed by atoms with Gasteiger partial charge in [0.2, 0.25) is 0 Å². The van der Waals surface area contributed by atoms with Crippen molar-refractivity contribution < 1.29 is 24.5 Å². The number of methoxy groups -OCH3 is 1. The Labute approximate surface area is 201 Å². The molecule has 4 rings (SSSR count). The number of aromatic hydroxyl groups is 1. The number of hydrogen-bond donors (Lipinski definition) is 2. The number of carboxylic acid groups (broad SMARTS) is 1. The number of aromatic carboxylic acids is 1. The molecule has 0 saturated carbocycles. The lowest BCUT2D eigenvalue weighted by molar-refractivity contribution is 0.0513. The first-order valence-corrected chi connectivity index (χ1v) is 11.5. The van der Waals surface area contributed by atoms with Crippen LogP contribution >= 0.6 is 0 Å². The number of hydrogen-bond acceptors (Lipinski definition) is 4. The van der Waals surface area contributed by atoms with Crippen LogP contribution in [-0.2, 0) is 15.6 Å². The summed E-state index contributed by atoms with van der Waals surface area (Å²) >= 11 is 0. The van der Waals surface area contributed by atoms with Gasteiger partial charge < -0.3 is 19.7 Å². The number of phenolic OH excluding ortho intramolecular Hbond substituents is 1. The number of carboxylic acids is 1. The highest BCUT2D eigenvalue weighted by atomic mass is 16.7. The Morgan fingerprint density at radius 1 is 0.853 bits per heavy atom. The fourth-order valence-electron chi connectivity index (χ4n) is 4.78. The van der Waals surface area contributed by atoms with Crippen molar-refractivity contribution in [1.82, 2.24) is 0 Å². The standard InChI is InChI=1S/C29H32O5/c1-28(2)12-13-29(3,4)24-16-26(34-17-33-5)22(15-23(24)28)21-14-20(10-11-25(21)30)18-6-8-19(9-7-18)27(31)32/h6-11,14-16,30H,12-13,17H2,1-5H3,(H,31,32). The molecule has 0 amide bonds. The molecule has 0 radical (unpaired) electrons. The van der Waals surface area contributed by atoms with Gasteiger partial charge in [0.1, 0.15) is 11.5 Å². The Morgan fingerprint density at radius 3 is 2.03 bits per heavy atom. The Morgan fingerprint density at radius 2 is 1.44 bits per heavy atom. The molecule has 5 heteroatoms. The molecule has 0 heterocycles. The highest BCUT2D eigenvalue weighted by Crippen LogP contribution is 2.50. The minimum Gasteiger partial charge on any atom is -0.507 e. The normalized spacial score (nSPS) is 16.0. The number of benzene rings is 3. The zero-order valence-electron chi connectivity index (χ0n) is 20.4. The summed E-state index contributed by atoms with van der Waals surface area (Å²) in [6, 6.07) is 16.4. The first-order valence-electron chi connectivity index (χ1n) is 11.5. The summed E-state index contributed by atoms with van der Waals surface area (Å²) in [5.74, 6) is -0.140. The second-order valence-corrected chi connectivity index (χ2v) is 10.3. The predicted molar refractivity (Wildman–Crippen MR) is 134 cm³/mol. The SMILES string of the molecule is COCOc1cc2c(cc1-c1cc(-c3ccc(C(=O)O)cc3)ccc1O)C(C)(C)CCC2(C)C. The Kier molecular flexibility index (Phi) is 6.17. The van der Waals surface area contributed by atoms with E-state index >= 15 is 0 Å². The lowest BCUT2D eigenvalue weighted by atomic mass is 9.62. The highest BCUT2D eigenvalue weighted by Gasteiger charge is 2.38. The number of phenols is 1. The molecule has 0 bridgehead atoms. The molecule has 178 valence electrons. The summed E-state index contributed by atoms with van der Waals surface area (Å²) in [7, 11) is 1.59. The largest absolute Gasteiger partial charge is 0.507 e. The van der Waals surface area contributed by atoms with Crippen LogP contribution in [0.3, 0.4) is 0 Å². The maximum absolute atomic E-state index is 11.2. The molecular weight excluding hydrogens is 428 g/mol. The van der Waals surface area contributed by atoms with Gasteiger partial charge in [-0.25, -0.2) is 4.79 Å². The maximum atomic E-state index is 11.2. The molecule has 1 aliphatic carbocycles. The monoisotopic (exact) mass is 460 g/mol. The number of rotatable bonds is 6. The van der Waals surface area contributed by atoms with Crippen molar-refractivity contribution in [1.29, 1.82) is 0 Å². The molecular formula is C29H32O5. The summed E-state index contributed by atoms with van der Waals surface area (Å²) in [6.07, 6.45) is 2.16. The van der Waals surface area contributed by atoms with Gasteiger partial charge in [-0.15, -0.1) is 0 Å². The van der Waals surface area contributed by atoms with E-state index in [0.717, 1.165) is 29.5 Å². The first kappa shape index (κ1) is 23.8. The van der Waals surface area contributed by atoms with E-state index in [1.54, 1.807) is 37.4 Å². The summed E-state index contributed by atoms with van der Waals surface area (Å²) in [5.41, 5.74) is 5.99. The third-order valence-electron chi connectivity index (χ3n) is 7.04. The average Bonchev–Trinajstić information content (AvgIpc) is 2.81. The van der Waals surface area contributed by atoms with Crippen LogP contribution in [0.4, 0.5) is 0 Å². The van der Waals surface area contributed by atoms with Crippen molar-refractivity contribution >= 4 is 5.97 Å². The van der Waals surface area contributed by atoms with Crippen molar-refractivity contribution in [3.8, 4) is 33.8 Å². The molecule has 0 fully saturated rings. The summed E-state index contributed by atoms with van der Waals surface area (Å²) in [4.78, 5) is 11.2. The van der Waals surface area contributed by atoms with Crippen LogP contribution in [0.25, 0.3) is 22.3 Å². The molecule has 3 aromatic rings. The number of ether oxygens (including phenoxy) is 2. The first-order chi connectivity index (χ1) is 16.0. The van der Waals surface area contributed by atoms with Crippen LogP contribution in [0.15, 0.2) is 54.6 Å². The highest BCUT2D eigenvalue weighted by molar-refractivity contribution is 5.88. The van der Waals surface area contributed by atoms with Gasteiger partial charge in [-0.2, -0.15) is 0 Å². The predicted octanol–water partition coefficient (Wildman–Crippen LogP) is 6.76. The second kappa shape index (κ2) is 8.80. The van der Waals surface area contributed by atoms with E-state index in [4.69, 9.17) is 9.47 Å². The van der Waals surface area contributed by atoms with E-state index < -0.39 is 5.97 Å². The number of carbonyl (C=O) groups is 1. The van der Waals surface area contributed by atoms with Crippen LogP contribution < -0.4 is 4.74 Å². The average molecular weight is 461 g/mol. The van der Waals surface area contributed by atoms with Gasteiger partial charge in [0.15, 0.2) is 6.79 Å². The zero-order chi connectivity index (χ0) is 24.7. The van der Waals surface area contributed by atoms with Gasteiger partial charge in [0.05, 0.1) is 5.56 Å². The van der Waals surface area contributed by atoms with Crippen molar-refractivity contribution in [2.75, 3.05) is 13.9 Å². The third kappa shape index (κ3) is 4.40. The summed E-state index contributed by atoms with van der Waals surface area (Å²) in [5, 5.41) is 20.1. The Hall–Kier alpha value is -3.31. The number of fused-ring (bicyclic) bond motifs is 1. The molecule has 3 aromatic carbocycles.